The maximum Gasteiger partial charge on any atom is 0.410 e. The van der Waals surface area contributed by atoms with E-state index in [1.165, 1.54) is 11.0 Å². The number of hydrogen-bond acceptors (Lipinski definition) is 5. The van der Waals surface area contributed by atoms with Crippen molar-refractivity contribution in [1.82, 2.24) is 4.90 Å². The molecule has 1 aliphatic rings. The Morgan fingerprint density at radius 1 is 1.11 bits per heavy atom. The highest BCUT2D eigenvalue weighted by molar-refractivity contribution is 6.04. The zero-order valence-electron chi connectivity index (χ0n) is 15.3. The highest BCUT2D eigenvalue weighted by atomic mass is 16.6. The maximum absolute atomic E-state index is 12.5. The van der Waals surface area contributed by atoms with E-state index in [2.05, 4.69) is 5.32 Å². The maximum atomic E-state index is 12.5. The molecule has 0 spiro atoms. The van der Waals surface area contributed by atoms with E-state index in [9.17, 15) is 14.4 Å². The van der Waals surface area contributed by atoms with Crippen LogP contribution < -0.4 is 16.8 Å². The number of para-hydroxylation sites is 1. The number of amides is 3. The average Bonchev–Trinajstić information content (AvgIpc) is 3.19. The van der Waals surface area contributed by atoms with Crippen LogP contribution in [0.15, 0.2) is 48.5 Å². The SMILES string of the molecule is NC(=O)c1cccc(NC(=O)C2CCN(C(=O)OCc3ccccc3)C2)c1N. The molecule has 0 saturated carbocycles. The minimum absolute atomic E-state index is 0.125. The number of nitrogens with zero attached hydrogens (tertiary/aromatic N) is 1. The number of rotatable bonds is 5. The number of likely N-dealkylation sites (tertiary alicyclic amines) is 1. The molecule has 1 atom stereocenters. The average molecular weight is 382 g/mol. The highest BCUT2D eigenvalue weighted by Crippen LogP contribution is 2.25. The van der Waals surface area contributed by atoms with E-state index in [4.69, 9.17) is 16.2 Å². The minimum Gasteiger partial charge on any atom is -0.445 e. The molecule has 0 radical (unpaired) electrons. The van der Waals surface area contributed by atoms with Gasteiger partial charge in [-0.1, -0.05) is 36.4 Å². The fourth-order valence-electron chi connectivity index (χ4n) is 3.07. The lowest BCUT2D eigenvalue weighted by Crippen LogP contribution is -2.32. The number of anilines is 2. The number of carbonyl (C=O) groups excluding carboxylic acids is 3. The van der Waals surface area contributed by atoms with Crippen LogP contribution >= 0.6 is 0 Å². The molecule has 1 aliphatic heterocycles. The van der Waals surface area contributed by atoms with Gasteiger partial charge >= 0.3 is 6.09 Å². The predicted octanol–water partition coefficient (Wildman–Crippen LogP) is 1.96. The van der Waals surface area contributed by atoms with Crippen LogP contribution in [0.2, 0.25) is 0 Å². The van der Waals surface area contributed by atoms with E-state index in [0.717, 1.165) is 5.56 Å². The molecule has 2 aromatic carbocycles. The number of nitrogens with two attached hydrogens (primary N) is 2. The summed E-state index contributed by atoms with van der Waals surface area (Å²) in [4.78, 5) is 37.6. The van der Waals surface area contributed by atoms with E-state index in [1.807, 2.05) is 30.3 Å². The third kappa shape index (κ3) is 4.40. The van der Waals surface area contributed by atoms with E-state index < -0.39 is 12.0 Å². The van der Waals surface area contributed by atoms with Crippen molar-refractivity contribution in [1.29, 1.82) is 0 Å². The third-order valence-corrected chi connectivity index (χ3v) is 4.65. The first-order valence-corrected chi connectivity index (χ1v) is 8.90. The summed E-state index contributed by atoms with van der Waals surface area (Å²) in [7, 11) is 0. The molecule has 8 nitrogen and oxygen atoms in total. The van der Waals surface area contributed by atoms with Crippen molar-refractivity contribution in [3.05, 3.63) is 59.7 Å². The monoisotopic (exact) mass is 382 g/mol. The van der Waals surface area contributed by atoms with E-state index >= 15 is 0 Å². The van der Waals surface area contributed by atoms with Crippen molar-refractivity contribution in [3.63, 3.8) is 0 Å². The Morgan fingerprint density at radius 2 is 1.86 bits per heavy atom. The molecule has 1 saturated heterocycles. The standard InChI is InChI=1S/C20H22N4O4/c21-17-15(18(22)25)7-4-8-16(17)23-19(26)14-9-10-24(11-14)20(27)28-12-13-5-2-1-3-6-13/h1-8,14H,9-12,21H2,(H2,22,25)(H,23,26). The number of nitrogens with one attached hydrogen (secondary N) is 1. The van der Waals surface area contributed by atoms with Gasteiger partial charge in [0.25, 0.3) is 5.91 Å². The van der Waals surface area contributed by atoms with Crippen LogP contribution in [-0.4, -0.2) is 35.9 Å². The summed E-state index contributed by atoms with van der Waals surface area (Å²) in [5.41, 5.74) is 12.7. The number of carbonyl (C=O) groups is 3. The largest absolute Gasteiger partial charge is 0.445 e. The highest BCUT2D eigenvalue weighted by Gasteiger charge is 2.32. The third-order valence-electron chi connectivity index (χ3n) is 4.65. The predicted molar refractivity (Wildman–Crippen MR) is 104 cm³/mol. The van der Waals surface area contributed by atoms with Gasteiger partial charge in [0.2, 0.25) is 5.91 Å². The summed E-state index contributed by atoms with van der Waals surface area (Å²) in [5, 5.41) is 2.71. The quantitative estimate of drug-likeness (QED) is 0.681. The fraction of sp³-hybridized carbons (Fsp3) is 0.250. The minimum atomic E-state index is -0.665. The normalized spacial score (nSPS) is 15.9. The number of nitrogen functional groups attached to an aromatic ring is 1. The first kappa shape index (κ1) is 19.2. The van der Waals surface area contributed by atoms with E-state index in [0.29, 0.717) is 18.7 Å². The van der Waals surface area contributed by atoms with Crippen molar-refractivity contribution in [2.24, 2.45) is 11.7 Å². The molecule has 0 aromatic heterocycles. The molecule has 5 N–H and O–H groups in total. The Balaban J connectivity index is 1.55. The van der Waals surface area contributed by atoms with Gasteiger partial charge in [-0.2, -0.15) is 0 Å². The van der Waals surface area contributed by atoms with E-state index in [1.54, 1.807) is 12.1 Å². The van der Waals surface area contributed by atoms with Crippen molar-refractivity contribution in [2.75, 3.05) is 24.1 Å². The van der Waals surface area contributed by atoms with Gasteiger partial charge in [0.05, 0.1) is 22.9 Å². The van der Waals surface area contributed by atoms with Crippen molar-refractivity contribution >= 4 is 29.3 Å². The van der Waals surface area contributed by atoms with Crippen LogP contribution in [0.1, 0.15) is 22.3 Å². The summed E-state index contributed by atoms with van der Waals surface area (Å²) >= 11 is 0. The molecule has 3 rings (SSSR count). The molecular formula is C20H22N4O4. The summed E-state index contributed by atoms with van der Waals surface area (Å²) in [6, 6.07) is 14.1. The number of primary amides is 1. The van der Waals surface area contributed by atoms with Crippen molar-refractivity contribution in [3.8, 4) is 0 Å². The Kier molecular flexibility index (Phi) is 5.78. The van der Waals surface area contributed by atoms with Gasteiger partial charge in [0.15, 0.2) is 0 Å². The second-order valence-electron chi connectivity index (χ2n) is 6.59. The summed E-state index contributed by atoms with van der Waals surface area (Å²) in [6.07, 6.45) is 0.0659. The molecule has 8 heteroatoms. The van der Waals surface area contributed by atoms with Crippen LogP contribution in [-0.2, 0) is 16.1 Å². The van der Waals surface area contributed by atoms with Crippen LogP contribution in [0.4, 0.5) is 16.2 Å². The molecule has 1 unspecified atom stereocenters. The first-order chi connectivity index (χ1) is 13.5. The smallest absolute Gasteiger partial charge is 0.410 e. The molecule has 28 heavy (non-hydrogen) atoms. The van der Waals surface area contributed by atoms with Crippen LogP contribution in [0.25, 0.3) is 0 Å². The number of benzene rings is 2. The van der Waals surface area contributed by atoms with Crippen LogP contribution in [0, 0.1) is 5.92 Å². The Morgan fingerprint density at radius 3 is 2.57 bits per heavy atom. The van der Waals surface area contributed by atoms with Crippen molar-refractivity contribution < 1.29 is 19.1 Å². The van der Waals surface area contributed by atoms with Crippen LogP contribution in [0.3, 0.4) is 0 Å². The van der Waals surface area contributed by atoms with Gasteiger partial charge in [-0.15, -0.1) is 0 Å². The van der Waals surface area contributed by atoms with Crippen molar-refractivity contribution in [2.45, 2.75) is 13.0 Å². The summed E-state index contributed by atoms with van der Waals surface area (Å²) < 4.78 is 5.30. The molecule has 0 aliphatic carbocycles. The zero-order chi connectivity index (χ0) is 20.1. The topological polar surface area (TPSA) is 128 Å². The first-order valence-electron chi connectivity index (χ1n) is 8.90. The van der Waals surface area contributed by atoms with Gasteiger partial charge in [0.1, 0.15) is 6.61 Å². The van der Waals surface area contributed by atoms with Gasteiger partial charge in [-0.05, 0) is 24.1 Å². The molecule has 1 heterocycles. The lowest BCUT2D eigenvalue weighted by atomic mass is 10.1. The molecule has 146 valence electrons. The Hall–Kier alpha value is -3.55. The second-order valence-corrected chi connectivity index (χ2v) is 6.59. The van der Waals surface area contributed by atoms with Crippen LogP contribution in [0.5, 0.6) is 0 Å². The van der Waals surface area contributed by atoms with Gasteiger partial charge < -0.3 is 26.4 Å². The summed E-state index contributed by atoms with van der Waals surface area (Å²) in [6.45, 7) is 0.876. The second kappa shape index (κ2) is 8.43. The molecular weight excluding hydrogens is 360 g/mol. The van der Waals surface area contributed by atoms with Gasteiger partial charge in [-0.3, -0.25) is 9.59 Å². The molecule has 1 fully saturated rings. The lowest BCUT2D eigenvalue weighted by molar-refractivity contribution is -0.119. The Bertz CT molecular complexity index is 885. The summed E-state index contributed by atoms with van der Waals surface area (Å²) in [5.74, 6) is -1.32. The lowest BCUT2D eigenvalue weighted by Gasteiger charge is -2.17. The molecule has 0 bridgehead atoms. The molecule has 2 aromatic rings. The number of hydrogen-bond donors (Lipinski definition) is 3. The fourth-order valence-corrected chi connectivity index (χ4v) is 3.07. The number of ether oxygens (including phenoxy) is 1. The van der Waals surface area contributed by atoms with Gasteiger partial charge in [-0.25, -0.2) is 4.79 Å². The zero-order valence-corrected chi connectivity index (χ0v) is 15.3. The van der Waals surface area contributed by atoms with E-state index in [-0.39, 0.29) is 36.2 Å². The van der Waals surface area contributed by atoms with Gasteiger partial charge in [0, 0.05) is 13.1 Å². The molecule has 3 amide bonds. The Labute approximate surface area is 162 Å².